The van der Waals surface area contributed by atoms with Gasteiger partial charge in [-0.2, -0.15) is 9.56 Å². The molecule has 21 nitrogen and oxygen atoms in total. The van der Waals surface area contributed by atoms with Crippen LogP contribution in [0.1, 0.15) is 12.5 Å². The molecule has 13 N–H and O–H groups in total. The van der Waals surface area contributed by atoms with Gasteiger partial charge >= 0.3 is 0 Å². The second-order valence-corrected chi connectivity index (χ2v) is 10.8. The van der Waals surface area contributed by atoms with Gasteiger partial charge < -0.3 is 75.6 Å². The number of aliphatic hydroxyl groups is 6. The van der Waals surface area contributed by atoms with E-state index < -0.39 is 81.7 Å². The number of aromatic nitrogens is 6. The van der Waals surface area contributed by atoms with E-state index in [2.05, 4.69) is 29.5 Å². The highest BCUT2D eigenvalue weighted by Gasteiger charge is 2.46. The number of rotatable bonds is 7. The van der Waals surface area contributed by atoms with Gasteiger partial charge in [0.05, 0.1) is 30.3 Å². The summed E-state index contributed by atoms with van der Waals surface area (Å²) in [5.41, 5.74) is 11.1. The Morgan fingerprint density at radius 3 is 1.82 bits per heavy atom. The number of nitrogens with one attached hydrogen (secondary N) is 2. The lowest BCUT2D eigenvalue weighted by Crippen LogP contribution is -2.33. The molecule has 6 heterocycles. The van der Waals surface area contributed by atoms with Gasteiger partial charge in [-0.1, -0.05) is 0 Å². The van der Waals surface area contributed by atoms with Crippen molar-refractivity contribution in [2.75, 3.05) is 24.4 Å². The molecule has 6 rings (SSSR count). The first-order valence-electron chi connectivity index (χ1n) is 12.7. The van der Waals surface area contributed by atoms with Gasteiger partial charge in [-0.15, -0.1) is 0 Å². The third-order valence-corrected chi connectivity index (χ3v) is 7.30. The SMILES string of the molecule is Nc1cc2c(ncn2[C@@H]2O[C@H](CO)C(O)[C@@H]2O)c(=O)[nH]1.Nc1cc2c(ncn2[C@@H]2O[C@H](OOP(O)CO)C(O)[C@@H]2O)c(=O)[nH]1. The summed E-state index contributed by atoms with van der Waals surface area (Å²) in [5, 5.41) is 57.5. The monoisotopic (exact) mass is 644 g/mol. The molecule has 0 amide bonds. The summed E-state index contributed by atoms with van der Waals surface area (Å²) in [4.78, 5) is 50.0. The van der Waals surface area contributed by atoms with Crippen LogP contribution in [0.4, 0.5) is 11.6 Å². The van der Waals surface area contributed by atoms with Crippen molar-refractivity contribution in [1.29, 1.82) is 0 Å². The molecule has 4 aromatic heterocycles. The maximum atomic E-state index is 11.8. The molecule has 2 fully saturated rings. The Labute approximate surface area is 245 Å². The molecule has 0 aromatic carbocycles. The van der Waals surface area contributed by atoms with Crippen LogP contribution in [0.2, 0.25) is 0 Å². The fraction of sp³-hybridized carbons (Fsp3) is 0.455. The number of anilines is 2. The van der Waals surface area contributed by atoms with Crippen molar-refractivity contribution in [3.8, 4) is 0 Å². The Balaban J connectivity index is 0.000000177. The fourth-order valence-corrected chi connectivity index (χ4v) is 4.92. The molecule has 2 saturated heterocycles. The lowest BCUT2D eigenvalue weighted by atomic mass is 10.1. The molecule has 44 heavy (non-hydrogen) atoms. The van der Waals surface area contributed by atoms with Crippen LogP contribution in [0.5, 0.6) is 0 Å². The Hall–Kier alpha value is -3.57. The van der Waals surface area contributed by atoms with Gasteiger partial charge in [0.15, 0.2) is 23.5 Å². The van der Waals surface area contributed by atoms with E-state index >= 15 is 0 Å². The highest BCUT2D eigenvalue weighted by molar-refractivity contribution is 7.45. The molecule has 0 spiro atoms. The van der Waals surface area contributed by atoms with Gasteiger partial charge in [0.25, 0.3) is 11.1 Å². The number of hydrogen-bond acceptors (Lipinski definition) is 17. The molecule has 9 atom stereocenters. The minimum absolute atomic E-state index is 0.0780. The van der Waals surface area contributed by atoms with Crippen LogP contribution in [0.15, 0.2) is 34.4 Å². The maximum Gasteiger partial charge on any atom is 0.277 e. The predicted octanol–water partition coefficient (Wildman–Crippen LogP) is -4.00. The van der Waals surface area contributed by atoms with Gasteiger partial charge in [-0.25, -0.2) is 9.97 Å². The summed E-state index contributed by atoms with van der Waals surface area (Å²) in [7, 11) is -2.24. The molecule has 4 aromatic rings. The Kier molecular flexibility index (Phi) is 9.27. The number of nitrogen functional groups attached to an aromatic ring is 2. The van der Waals surface area contributed by atoms with Crippen LogP contribution in [-0.4, -0.2) is 114 Å². The summed E-state index contributed by atoms with van der Waals surface area (Å²) in [6, 6.07) is 2.91. The van der Waals surface area contributed by atoms with Crippen molar-refractivity contribution < 1.29 is 54.6 Å². The van der Waals surface area contributed by atoms with Crippen LogP contribution >= 0.6 is 8.38 Å². The minimum Gasteiger partial charge on any atom is -0.394 e. The van der Waals surface area contributed by atoms with Crippen LogP contribution < -0.4 is 22.6 Å². The molecule has 3 unspecified atom stereocenters. The van der Waals surface area contributed by atoms with Crippen molar-refractivity contribution in [3.05, 3.63) is 45.5 Å². The molecule has 0 aliphatic carbocycles. The normalized spacial score (nSPS) is 29.2. The van der Waals surface area contributed by atoms with E-state index in [4.69, 9.17) is 36.0 Å². The van der Waals surface area contributed by atoms with Crippen LogP contribution in [-0.2, 0) is 19.0 Å². The van der Waals surface area contributed by atoms with Gasteiger partial charge in [-0.3, -0.25) is 9.59 Å². The summed E-state index contributed by atoms with van der Waals surface area (Å²) in [6.45, 7) is -0.427. The van der Waals surface area contributed by atoms with E-state index in [-0.39, 0.29) is 28.2 Å². The molecule has 22 heteroatoms. The lowest BCUT2D eigenvalue weighted by Gasteiger charge is -2.17. The Morgan fingerprint density at radius 2 is 1.34 bits per heavy atom. The average molecular weight is 644 g/mol. The molecule has 2 aliphatic rings. The molecule has 0 saturated carbocycles. The predicted molar refractivity (Wildman–Crippen MR) is 147 cm³/mol. The fourth-order valence-electron chi connectivity index (χ4n) is 4.69. The van der Waals surface area contributed by atoms with E-state index in [0.29, 0.717) is 5.52 Å². The third-order valence-electron chi connectivity index (χ3n) is 6.80. The smallest absolute Gasteiger partial charge is 0.277 e. The quantitative estimate of drug-likeness (QED) is 0.0518. The Bertz CT molecular complexity index is 1730. The number of nitrogens with two attached hydrogens (primary N) is 2. The summed E-state index contributed by atoms with van der Waals surface area (Å²) < 4.78 is 17.9. The third kappa shape index (κ3) is 5.91. The van der Waals surface area contributed by atoms with Crippen molar-refractivity contribution in [2.45, 2.75) is 49.3 Å². The zero-order valence-electron chi connectivity index (χ0n) is 22.3. The number of hydrogen-bond donors (Lipinski definition) is 11. The first kappa shape index (κ1) is 31.8. The van der Waals surface area contributed by atoms with Crippen molar-refractivity contribution in [2.24, 2.45) is 0 Å². The second kappa shape index (κ2) is 12.8. The van der Waals surface area contributed by atoms with Gasteiger partial charge in [0.1, 0.15) is 48.5 Å². The summed E-state index contributed by atoms with van der Waals surface area (Å²) >= 11 is 0. The zero-order valence-corrected chi connectivity index (χ0v) is 23.2. The molecular formula is C22H29N8O13P. The maximum absolute atomic E-state index is 11.8. The second-order valence-electron chi connectivity index (χ2n) is 9.65. The van der Waals surface area contributed by atoms with Crippen LogP contribution in [0, 0.1) is 0 Å². The van der Waals surface area contributed by atoms with E-state index in [1.165, 1.54) is 33.9 Å². The molecule has 240 valence electrons. The number of imidazole rings is 2. The van der Waals surface area contributed by atoms with Gasteiger partial charge in [0.2, 0.25) is 14.7 Å². The van der Waals surface area contributed by atoms with Gasteiger partial charge in [0, 0.05) is 12.1 Å². The van der Waals surface area contributed by atoms with Gasteiger partial charge in [-0.05, 0) is 0 Å². The van der Waals surface area contributed by atoms with E-state index in [1.54, 1.807) is 0 Å². The molecule has 0 radical (unpaired) electrons. The standard InChI is InChI=1S/C11H15N4O8P.C11H14N4O5/c12-5-1-4-6(9(19)14-5)13-2-15(4)10-7(17)8(18)11(21-10)22-23-24(20)3-16;12-6-1-4-7(10(19)14-6)13-3-15(4)11-9(18)8(17)5(2-16)20-11/h1-2,7-8,10-11,16-18,20H,3H2,(H3,12,14,19);1,3,5,8-9,11,16-18H,2H2,(H3,12,14,19)/t7-,8?,10+,11+,24?;5-,8?,9+,11-/m01/s1. The summed E-state index contributed by atoms with van der Waals surface area (Å²) in [6.07, 6.45) is -7.92. The highest BCUT2D eigenvalue weighted by atomic mass is 31.2. The number of ether oxygens (including phenoxy) is 2. The number of aliphatic hydroxyl groups excluding tert-OH is 6. The van der Waals surface area contributed by atoms with Crippen molar-refractivity contribution >= 4 is 42.1 Å². The average Bonchev–Trinajstić information content (AvgIpc) is 3.74. The van der Waals surface area contributed by atoms with E-state index in [1.807, 2.05) is 0 Å². The number of H-pyrrole nitrogens is 2. The Morgan fingerprint density at radius 1 is 0.841 bits per heavy atom. The van der Waals surface area contributed by atoms with E-state index in [0.717, 1.165) is 0 Å². The zero-order chi connectivity index (χ0) is 31.9. The highest BCUT2D eigenvalue weighted by Crippen LogP contribution is 2.36. The van der Waals surface area contributed by atoms with Crippen LogP contribution in [0.3, 0.4) is 0 Å². The van der Waals surface area contributed by atoms with E-state index in [9.17, 15) is 30.0 Å². The number of aromatic amines is 2. The molecule has 0 bridgehead atoms. The first-order chi connectivity index (χ1) is 20.9. The number of pyridine rings is 2. The lowest BCUT2D eigenvalue weighted by molar-refractivity contribution is -0.332. The topological polar surface area (TPSA) is 332 Å². The molecule has 2 aliphatic heterocycles. The molecular weight excluding hydrogens is 615 g/mol. The van der Waals surface area contributed by atoms with Crippen molar-refractivity contribution in [3.63, 3.8) is 0 Å². The van der Waals surface area contributed by atoms with Crippen LogP contribution in [0.25, 0.3) is 22.1 Å². The minimum atomic E-state index is -2.24. The first-order valence-corrected chi connectivity index (χ1v) is 14.1. The number of nitrogens with zero attached hydrogens (tertiary/aromatic N) is 4. The largest absolute Gasteiger partial charge is 0.394 e. The summed E-state index contributed by atoms with van der Waals surface area (Å²) in [5.74, 6) is 0.239. The van der Waals surface area contributed by atoms with Crippen molar-refractivity contribution in [1.82, 2.24) is 29.1 Å². The number of fused-ring (bicyclic) bond motifs is 2.